The molecule has 1 aromatic rings. The number of benzene rings is 1. The molecule has 5 atom stereocenters. The summed E-state index contributed by atoms with van der Waals surface area (Å²) in [4.78, 5) is 61.5. The Bertz CT molecular complexity index is 1240. The highest BCUT2D eigenvalue weighted by atomic mass is 16.7. The largest absolute Gasteiger partial charge is 0.507 e. The fraction of sp³-hybridized carbons (Fsp3) is 0.444. The molecular formula is C27H30O12. The van der Waals surface area contributed by atoms with Gasteiger partial charge in [-0.05, 0) is 38.5 Å². The molecule has 12 nitrogen and oxygen atoms in total. The minimum absolute atomic E-state index is 0.0571. The van der Waals surface area contributed by atoms with E-state index in [1.54, 1.807) is 19.9 Å². The number of carbonyl (C=O) groups excluding carboxylic acids is 5. The number of allylic oxidation sites excluding steroid dienone is 2. The number of carbonyl (C=O) groups is 5. The van der Waals surface area contributed by atoms with Gasteiger partial charge in [-0.25, -0.2) is 0 Å². The van der Waals surface area contributed by atoms with Crippen LogP contribution in [0.4, 0.5) is 0 Å². The summed E-state index contributed by atoms with van der Waals surface area (Å²) >= 11 is 0. The molecule has 0 spiro atoms. The minimum Gasteiger partial charge on any atom is -0.507 e. The van der Waals surface area contributed by atoms with Crippen LogP contribution >= 0.6 is 0 Å². The van der Waals surface area contributed by atoms with E-state index in [0.717, 1.165) is 37.6 Å². The fourth-order valence-corrected chi connectivity index (χ4v) is 4.27. The smallest absolute Gasteiger partial charge is 0.303 e. The molecule has 1 fully saturated rings. The van der Waals surface area contributed by atoms with E-state index in [-0.39, 0.29) is 29.7 Å². The van der Waals surface area contributed by atoms with Crippen LogP contribution in [-0.2, 0) is 38.1 Å². The average molecular weight is 547 g/mol. The molecule has 0 aromatic heterocycles. The van der Waals surface area contributed by atoms with Crippen molar-refractivity contribution in [3.63, 3.8) is 0 Å². The molecule has 0 radical (unpaired) electrons. The molecule has 1 aliphatic heterocycles. The molecule has 210 valence electrons. The maximum absolute atomic E-state index is 13.5. The number of ketones is 2. The Morgan fingerprint density at radius 1 is 0.923 bits per heavy atom. The molecule has 3 rings (SSSR count). The van der Waals surface area contributed by atoms with Crippen molar-refractivity contribution >= 4 is 29.5 Å². The monoisotopic (exact) mass is 546 g/mol. The van der Waals surface area contributed by atoms with E-state index in [4.69, 9.17) is 23.7 Å². The van der Waals surface area contributed by atoms with E-state index in [0.29, 0.717) is 0 Å². The number of ether oxygens (including phenoxy) is 5. The van der Waals surface area contributed by atoms with Gasteiger partial charge in [-0.2, -0.15) is 0 Å². The van der Waals surface area contributed by atoms with Crippen LogP contribution in [0, 0.1) is 0 Å². The predicted octanol–water partition coefficient (Wildman–Crippen LogP) is 2.30. The highest BCUT2D eigenvalue weighted by molar-refractivity contribution is 6.27. The standard InChI is InChI=1S/C27H30O12/c1-12(2)6-9-20(16-10-19(33)22-17(31)7-8-18(32)23(22)24(16)34)38-27-26(37-15(5)30)25(36-14(4)29)21(39-27)11-35-13(3)28/h6-8,10,20-21,25-27,31-32H,9,11H2,1-5H3/t20-,21-,25-,26-,27-/m1/s1. The van der Waals surface area contributed by atoms with Crippen LogP contribution in [0.5, 0.6) is 11.5 Å². The lowest BCUT2D eigenvalue weighted by atomic mass is 9.85. The number of phenolic OH excluding ortho intramolecular Hbond substituents is 2. The first-order valence-electron chi connectivity index (χ1n) is 12.1. The van der Waals surface area contributed by atoms with Crippen molar-refractivity contribution in [1.82, 2.24) is 0 Å². The normalized spacial score (nSPS) is 22.8. The molecule has 0 amide bonds. The van der Waals surface area contributed by atoms with Crippen LogP contribution < -0.4 is 0 Å². The summed E-state index contributed by atoms with van der Waals surface area (Å²) in [6, 6.07) is 2.19. The molecule has 1 aliphatic carbocycles. The van der Waals surface area contributed by atoms with Crippen LogP contribution in [0.1, 0.15) is 61.8 Å². The molecular weight excluding hydrogens is 516 g/mol. The number of rotatable bonds is 9. The van der Waals surface area contributed by atoms with Gasteiger partial charge < -0.3 is 33.9 Å². The molecule has 12 heteroatoms. The Labute approximate surface area is 224 Å². The third kappa shape index (κ3) is 6.89. The third-order valence-corrected chi connectivity index (χ3v) is 5.89. The second-order valence-electron chi connectivity index (χ2n) is 9.28. The van der Waals surface area contributed by atoms with Gasteiger partial charge in [0.2, 0.25) is 0 Å². The van der Waals surface area contributed by atoms with E-state index in [1.165, 1.54) is 6.92 Å². The highest BCUT2D eigenvalue weighted by Crippen LogP contribution is 2.38. The summed E-state index contributed by atoms with van der Waals surface area (Å²) in [5.41, 5.74) is -0.00804. The number of hydrogen-bond acceptors (Lipinski definition) is 12. The first-order chi connectivity index (χ1) is 18.3. The first kappa shape index (κ1) is 29.5. The van der Waals surface area contributed by atoms with Crippen molar-refractivity contribution < 1.29 is 57.9 Å². The quantitative estimate of drug-likeness (QED) is 0.201. The summed E-state index contributed by atoms with van der Waals surface area (Å²) in [6.45, 7) is 6.68. The van der Waals surface area contributed by atoms with Crippen LogP contribution in [0.25, 0.3) is 0 Å². The average Bonchev–Trinajstić information content (AvgIpc) is 3.13. The number of Topliss-reactive ketones (excluding diaryl/α,β-unsaturated/α-hetero) is 1. The van der Waals surface area contributed by atoms with E-state index in [2.05, 4.69) is 0 Å². The van der Waals surface area contributed by atoms with Crippen molar-refractivity contribution in [2.45, 2.75) is 71.7 Å². The van der Waals surface area contributed by atoms with Gasteiger partial charge in [0.05, 0.1) is 17.2 Å². The summed E-state index contributed by atoms with van der Waals surface area (Å²) in [5, 5.41) is 20.5. The fourth-order valence-electron chi connectivity index (χ4n) is 4.27. The van der Waals surface area contributed by atoms with Crippen LogP contribution in [0.3, 0.4) is 0 Å². The second-order valence-corrected chi connectivity index (χ2v) is 9.28. The van der Waals surface area contributed by atoms with Crippen LogP contribution in [0.2, 0.25) is 0 Å². The molecule has 0 saturated carbocycles. The molecule has 1 saturated heterocycles. The van der Waals surface area contributed by atoms with Crippen molar-refractivity contribution in [3.8, 4) is 11.5 Å². The zero-order chi connectivity index (χ0) is 29.0. The Hall–Kier alpha value is -4.03. The van der Waals surface area contributed by atoms with Crippen molar-refractivity contribution in [1.29, 1.82) is 0 Å². The Balaban J connectivity index is 2.02. The maximum atomic E-state index is 13.5. The lowest BCUT2D eigenvalue weighted by Gasteiger charge is -2.28. The van der Waals surface area contributed by atoms with E-state index < -0.39 is 71.7 Å². The number of aromatic hydroxyl groups is 2. The Kier molecular flexibility index (Phi) is 9.25. The lowest BCUT2D eigenvalue weighted by molar-refractivity contribution is -0.200. The van der Waals surface area contributed by atoms with Gasteiger partial charge in [-0.15, -0.1) is 0 Å². The first-order valence-corrected chi connectivity index (χ1v) is 12.1. The molecule has 0 unspecified atom stereocenters. The molecule has 39 heavy (non-hydrogen) atoms. The molecule has 1 aromatic carbocycles. The van der Waals surface area contributed by atoms with E-state index in [9.17, 15) is 34.2 Å². The summed E-state index contributed by atoms with van der Waals surface area (Å²) < 4.78 is 27.7. The van der Waals surface area contributed by atoms with E-state index >= 15 is 0 Å². The zero-order valence-corrected chi connectivity index (χ0v) is 22.1. The van der Waals surface area contributed by atoms with Gasteiger partial charge in [0, 0.05) is 26.3 Å². The van der Waals surface area contributed by atoms with Crippen molar-refractivity contribution in [2.24, 2.45) is 0 Å². The van der Waals surface area contributed by atoms with Gasteiger partial charge >= 0.3 is 17.9 Å². The topological polar surface area (TPSA) is 172 Å². The summed E-state index contributed by atoms with van der Waals surface area (Å²) in [5.74, 6) is -4.57. The second kappa shape index (κ2) is 12.2. The number of phenols is 2. The Morgan fingerprint density at radius 3 is 2.08 bits per heavy atom. The van der Waals surface area contributed by atoms with Gasteiger partial charge in [-0.1, -0.05) is 11.6 Å². The SMILES string of the molecule is CC(=O)OC[C@H]1O[C@@H](O[C@H](CC=C(C)C)C2=CC(=O)c3c(O)ccc(O)c3C2=O)[C@H](OC(C)=O)[C@@H]1OC(C)=O. The Morgan fingerprint density at radius 2 is 1.51 bits per heavy atom. The van der Waals surface area contributed by atoms with Gasteiger partial charge in [0.1, 0.15) is 24.2 Å². The van der Waals surface area contributed by atoms with Gasteiger partial charge in [0.25, 0.3) is 0 Å². The van der Waals surface area contributed by atoms with E-state index in [1.807, 2.05) is 0 Å². The molecule has 1 heterocycles. The van der Waals surface area contributed by atoms with Crippen LogP contribution in [-0.4, -0.2) is 77.0 Å². The highest BCUT2D eigenvalue weighted by Gasteiger charge is 2.51. The summed E-state index contributed by atoms with van der Waals surface area (Å²) in [6.07, 6.45) is -3.42. The number of esters is 3. The zero-order valence-electron chi connectivity index (χ0n) is 22.1. The third-order valence-electron chi connectivity index (χ3n) is 5.89. The van der Waals surface area contributed by atoms with Crippen LogP contribution in [0.15, 0.2) is 35.4 Å². The number of fused-ring (bicyclic) bond motifs is 1. The van der Waals surface area contributed by atoms with Gasteiger partial charge in [0.15, 0.2) is 30.1 Å². The predicted molar refractivity (Wildman–Crippen MR) is 132 cm³/mol. The lowest BCUT2D eigenvalue weighted by Crippen LogP contribution is -2.43. The molecule has 2 N–H and O–H groups in total. The molecule has 2 aliphatic rings. The minimum atomic E-state index is -1.42. The van der Waals surface area contributed by atoms with Crippen molar-refractivity contribution in [3.05, 3.63) is 46.6 Å². The van der Waals surface area contributed by atoms with Crippen molar-refractivity contribution in [2.75, 3.05) is 6.61 Å². The van der Waals surface area contributed by atoms with Gasteiger partial charge in [-0.3, -0.25) is 24.0 Å². The molecule has 0 bridgehead atoms. The summed E-state index contributed by atoms with van der Waals surface area (Å²) in [7, 11) is 0. The number of hydrogen-bond donors (Lipinski definition) is 2. The maximum Gasteiger partial charge on any atom is 0.303 e.